The van der Waals surface area contributed by atoms with Crippen LogP contribution in [0.25, 0.3) is 21.6 Å². The van der Waals surface area contributed by atoms with Gasteiger partial charge >= 0.3 is 0 Å². The van der Waals surface area contributed by atoms with Crippen LogP contribution >= 0.6 is 34.9 Å². The minimum atomic E-state index is 1.28. The summed E-state index contributed by atoms with van der Waals surface area (Å²) in [6.45, 7) is 0. The third-order valence-corrected chi connectivity index (χ3v) is 7.79. The van der Waals surface area contributed by atoms with Crippen molar-refractivity contribution >= 4 is 34.9 Å². The van der Waals surface area contributed by atoms with Crippen molar-refractivity contribution in [3.63, 3.8) is 0 Å². The van der Waals surface area contributed by atoms with Crippen molar-refractivity contribution in [2.75, 3.05) is 0 Å². The molecule has 0 aliphatic carbocycles. The fourth-order valence-corrected chi connectivity index (χ4v) is 6.17. The highest BCUT2D eigenvalue weighted by atomic mass is 32.2. The van der Waals surface area contributed by atoms with Gasteiger partial charge in [-0.05, 0) is 46.3 Å². The maximum absolute atomic E-state index is 2.25. The predicted octanol–water partition coefficient (Wildman–Crippen LogP) is 7.70. The molecule has 1 aliphatic rings. The molecular formula is C22H14S3. The zero-order valence-corrected chi connectivity index (χ0v) is 15.8. The third-order valence-electron chi connectivity index (χ3n) is 4.26. The molecule has 120 valence electrons. The van der Waals surface area contributed by atoms with Crippen molar-refractivity contribution in [2.45, 2.75) is 19.6 Å². The molecular weight excluding hydrogens is 360 g/mol. The molecule has 0 spiro atoms. The number of benzene rings is 3. The molecule has 4 aromatic rings. The topological polar surface area (TPSA) is 0 Å². The number of rotatable bonds is 2. The van der Waals surface area contributed by atoms with Crippen LogP contribution in [0.1, 0.15) is 0 Å². The van der Waals surface area contributed by atoms with Crippen LogP contribution in [0, 0.1) is 0 Å². The van der Waals surface area contributed by atoms with E-state index in [-0.39, 0.29) is 0 Å². The fraction of sp³-hybridized carbons (Fsp3) is 0. The first-order valence-corrected chi connectivity index (χ1v) is 10.6. The van der Waals surface area contributed by atoms with Crippen molar-refractivity contribution in [1.82, 2.24) is 0 Å². The van der Waals surface area contributed by atoms with Gasteiger partial charge in [0, 0.05) is 24.5 Å². The molecule has 0 radical (unpaired) electrons. The van der Waals surface area contributed by atoms with Gasteiger partial charge in [-0.25, -0.2) is 0 Å². The van der Waals surface area contributed by atoms with Gasteiger partial charge in [0.05, 0.1) is 0 Å². The van der Waals surface area contributed by atoms with Gasteiger partial charge in [-0.3, -0.25) is 0 Å². The Morgan fingerprint density at radius 1 is 0.520 bits per heavy atom. The molecule has 0 nitrogen and oxygen atoms in total. The summed E-state index contributed by atoms with van der Waals surface area (Å²) in [5, 5.41) is 2.13. The predicted molar refractivity (Wildman–Crippen MR) is 110 cm³/mol. The zero-order chi connectivity index (χ0) is 16.6. The summed E-state index contributed by atoms with van der Waals surface area (Å²) in [6, 6.07) is 28.5. The summed E-state index contributed by atoms with van der Waals surface area (Å²) in [5.74, 6) is 0. The van der Waals surface area contributed by atoms with E-state index < -0.39 is 0 Å². The Hall–Kier alpha value is -1.94. The first-order chi connectivity index (χ1) is 12.4. The summed E-state index contributed by atoms with van der Waals surface area (Å²) in [5.41, 5.74) is 3.89. The Morgan fingerprint density at radius 2 is 1.24 bits per heavy atom. The monoisotopic (exact) mass is 374 g/mol. The fourth-order valence-electron chi connectivity index (χ4n) is 3.03. The second-order valence-corrected chi connectivity index (χ2v) is 8.92. The SMILES string of the molecule is c1csc(-c2ccc(-c3cccc4c3Sc3ccccc3S4)cc2)c1. The van der Waals surface area contributed by atoms with E-state index in [4.69, 9.17) is 0 Å². The lowest BCUT2D eigenvalue weighted by Crippen LogP contribution is -1.92. The van der Waals surface area contributed by atoms with Crippen molar-refractivity contribution in [2.24, 2.45) is 0 Å². The summed E-state index contributed by atoms with van der Waals surface area (Å²) < 4.78 is 0. The smallest absolute Gasteiger partial charge is 0.0342 e. The molecule has 0 saturated heterocycles. The molecule has 0 fully saturated rings. The highest BCUT2D eigenvalue weighted by Gasteiger charge is 2.19. The summed E-state index contributed by atoms with van der Waals surface area (Å²) in [7, 11) is 0. The normalized spacial score (nSPS) is 12.5. The van der Waals surface area contributed by atoms with Crippen LogP contribution in [0.3, 0.4) is 0 Å². The molecule has 0 unspecified atom stereocenters. The van der Waals surface area contributed by atoms with Gasteiger partial charge in [-0.15, -0.1) is 11.3 Å². The van der Waals surface area contributed by atoms with Gasteiger partial charge in [-0.2, -0.15) is 0 Å². The van der Waals surface area contributed by atoms with Crippen LogP contribution < -0.4 is 0 Å². The Labute approximate surface area is 159 Å². The van der Waals surface area contributed by atoms with E-state index in [1.54, 1.807) is 11.3 Å². The van der Waals surface area contributed by atoms with Crippen LogP contribution in [0.4, 0.5) is 0 Å². The third kappa shape index (κ3) is 2.82. The van der Waals surface area contributed by atoms with Crippen molar-refractivity contribution < 1.29 is 0 Å². The molecule has 0 bridgehead atoms. The minimum Gasteiger partial charge on any atom is -0.144 e. The lowest BCUT2D eigenvalue weighted by molar-refractivity contribution is 1.16. The van der Waals surface area contributed by atoms with E-state index >= 15 is 0 Å². The van der Waals surface area contributed by atoms with Crippen LogP contribution in [0.5, 0.6) is 0 Å². The van der Waals surface area contributed by atoms with Gasteiger partial charge in [0.2, 0.25) is 0 Å². The van der Waals surface area contributed by atoms with Crippen molar-refractivity contribution in [3.05, 3.63) is 84.2 Å². The standard InChI is InChI=1S/C22H14S3/c1-2-7-20-19(6-1)24-21-8-3-5-17(22(21)25-20)15-10-12-16(13-11-15)18-9-4-14-23-18/h1-14H. The largest absolute Gasteiger partial charge is 0.144 e. The Morgan fingerprint density at radius 3 is 2.00 bits per heavy atom. The molecule has 1 aromatic heterocycles. The van der Waals surface area contributed by atoms with Crippen LogP contribution in [-0.4, -0.2) is 0 Å². The van der Waals surface area contributed by atoms with Gasteiger partial charge in [0.25, 0.3) is 0 Å². The van der Waals surface area contributed by atoms with Gasteiger partial charge in [-0.1, -0.05) is 78.1 Å². The van der Waals surface area contributed by atoms with Gasteiger partial charge in [0.1, 0.15) is 0 Å². The molecule has 0 N–H and O–H groups in total. The maximum atomic E-state index is 2.25. The first-order valence-electron chi connectivity index (χ1n) is 8.10. The second kappa shape index (κ2) is 6.41. The second-order valence-electron chi connectivity index (χ2n) is 5.84. The first kappa shape index (κ1) is 15.3. The molecule has 5 rings (SSSR count). The summed E-state index contributed by atoms with van der Waals surface area (Å²) in [6.07, 6.45) is 0. The average Bonchev–Trinajstić information content (AvgIpc) is 3.21. The highest BCUT2D eigenvalue weighted by Crippen LogP contribution is 2.51. The summed E-state index contributed by atoms with van der Waals surface area (Å²) in [4.78, 5) is 6.74. The highest BCUT2D eigenvalue weighted by molar-refractivity contribution is 8.05. The number of hydrogen-bond donors (Lipinski definition) is 0. The molecule has 0 atom stereocenters. The van der Waals surface area contributed by atoms with E-state index in [0.717, 1.165) is 0 Å². The van der Waals surface area contributed by atoms with Gasteiger partial charge < -0.3 is 0 Å². The molecule has 3 aromatic carbocycles. The maximum Gasteiger partial charge on any atom is 0.0342 e. The van der Waals surface area contributed by atoms with Crippen LogP contribution in [-0.2, 0) is 0 Å². The molecule has 1 aliphatic heterocycles. The van der Waals surface area contributed by atoms with E-state index in [0.29, 0.717) is 0 Å². The minimum absolute atomic E-state index is 1.28. The Balaban J connectivity index is 1.56. The average molecular weight is 375 g/mol. The van der Waals surface area contributed by atoms with Crippen molar-refractivity contribution in [3.8, 4) is 21.6 Å². The Bertz CT molecular complexity index is 1030. The lowest BCUT2D eigenvalue weighted by atomic mass is 10.0. The molecule has 0 saturated carbocycles. The summed E-state index contributed by atoms with van der Waals surface area (Å²) >= 11 is 5.55. The van der Waals surface area contributed by atoms with E-state index in [2.05, 4.69) is 84.2 Å². The number of fused-ring (bicyclic) bond motifs is 2. The van der Waals surface area contributed by atoms with Crippen LogP contribution in [0.2, 0.25) is 0 Å². The van der Waals surface area contributed by atoms with E-state index in [1.807, 2.05) is 23.5 Å². The van der Waals surface area contributed by atoms with Crippen molar-refractivity contribution in [1.29, 1.82) is 0 Å². The van der Waals surface area contributed by atoms with E-state index in [9.17, 15) is 0 Å². The van der Waals surface area contributed by atoms with E-state index in [1.165, 1.54) is 41.1 Å². The number of hydrogen-bond acceptors (Lipinski definition) is 3. The molecule has 25 heavy (non-hydrogen) atoms. The molecule has 2 heterocycles. The van der Waals surface area contributed by atoms with Gasteiger partial charge in [0.15, 0.2) is 0 Å². The lowest BCUT2D eigenvalue weighted by Gasteiger charge is -2.21. The zero-order valence-electron chi connectivity index (χ0n) is 13.3. The quantitative estimate of drug-likeness (QED) is 0.310. The molecule has 3 heteroatoms. The van der Waals surface area contributed by atoms with Crippen LogP contribution in [0.15, 0.2) is 104 Å². The molecule has 0 amide bonds. The Kier molecular flexibility index (Phi) is 3.93. The number of thiophene rings is 1.